The van der Waals surface area contributed by atoms with Crippen LogP contribution < -0.4 is 10.5 Å². The van der Waals surface area contributed by atoms with Gasteiger partial charge in [0.2, 0.25) is 0 Å². The van der Waals surface area contributed by atoms with E-state index in [9.17, 15) is 5.26 Å². The molecule has 0 amide bonds. The lowest BCUT2D eigenvalue weighted by Crippen LogP contribution is -2.00. The van der Waals surface area contributed by atoms with Gasteiger partial charge >= 0.3 is 0 Å². The van der Waals surface area contributed by atoms with Crippen LogP contribution in [0.3, 0.4) is 0 Å². The van der Waals surface area contributed by atoms with Crippen LogP contribution in [-0.4, -0.2) is 12.1 Å². The van der Waals surface area contributed by atoms with Crippen LogP contribution in [0.2, 0.25) is 5.02 Å². The molecule has 118 valence electrons. The van der Waals surface area contributed by atoms with Crippen molar-refractivity contribution in [3.63, 3.8) is 0 Å². The molecule has 1 aromatic heterocycles. The van der Waals surface area contributed by atoms with Crippen molar-refractivity contribution in [1.29, 1.82) is 5.26 Å². The first-order valence-electron chi connectivity index (χ1n) is 7.24. The predicted octanol–water partition coefficient (Wildman–Crippen LogP) is 4.53. The zero-order valence-electron chi connectivity index (χ0n) is 13.0. The van der Waals surface area contributed by atoms with Gasteiger partial charge in [0.25, 0.3) is 0 Å². The van der Waals surface area contributed by atoms with E-state index in [1.54, 1.807) is 19.2 Å². The molecule has 2 N–H and O–H groups in total. The number of rotatable bonds is 3. The van der Waals surface area contributed by atoms with Gasteiger partial charge in [0.05, 0.1) is 12.8 Å². The van der Waals surface area contributed by atoms with E-state index in [-0.39, 0.29) is 5.82 Å². The van der Waals surface area contributed by atoms with Crippen LogP contribution in [0, 0.1) is 11.3 Å². The molecule has 0 spiro atoms. The Kier molecular flexibility index (Phi) is 4.37. The van der Waals surface area contributed by atoms with E-state index in [0.29, 0.717) is 27.6 Å². The number of nitrogen functional groups attached to an aromatic ring is 1. The number of para-hydroxylation sites is 1. The van der Waals surface area contributed by atoms with Gasteiger partial charge in [-0.15, -0.1) is 0 Å². The highest BCUT2D eigenvalue weighted by Crippen LogP contribution is 2.35. The molecule has 24 heavy (non-hydrogen) atoms. The van der Waals surface area contributed by atoms with E-state index in [0.717, 1.165) is 11.1 Å². The minimum Gasteiger partial charge on any atom is -0.496 e. The molecule has 0 aliphatic heterocycles. The summed E-state index contributed by atoms with van der Waals surface area (Å²) in [5, 5.41) is 10.1. The van der Waals surface area contributed by atoms with Gasteiger partial charge in [-0.25, -0.2) is 4.98 Å². The van der Waals surface area contributed by atoms with E-state index in [4.69, 9.17) is 22.1 Å². The monoisotopic (exact) mass is 335 g/mol. The van der Waals surface area contributed by atoms with E-state index in [1.165, 1.54) is 0 Å². The summed E-state index contributed by atoms with van der Waals surface area (Å²) in [5.74, 6) is 0.863. The molecular weight excluding hydrogens is 322 g/mol. The number of anilines is 1. The molecule has 3 rings (SSSR count). The molecule has 0 aliphatic carbocycles. The van der Waals surface area contributed by atoms with Crippen molar-refractivity contribution in [3.05, 3.63) is 65.2 Å². The van der Waals surface area contributed by atoms with Gasteiger partial charge in [-0.1, -0.05) is 35.9 Å². The fourth-order valence-electron chi connectivity index (χ4n) is 2.56. The van der Waals surface area contributed by atoms with Crippen molar-refractivity contribution in [2.45, 2.75) is 0 Å². The normalized spacial score (nSPS) is 10.2. The second-order valence-electron chi connectivity index (χ2n) is 5.14. The number of nitriles is 1. The molecule has 0 saturated heterocycles. The number of benzene rings is 2. The molecule has 4 nitrogen and oxygen atoms in total. The summed E-state index contributed by atoms with van der Waals surface area (Å²) < 4.78 is 5.39. The van der Waals surface area contributed by atoms with Gasteiger partial charge in [0, 0.05) is 16.1 Å². The Morgan fingerprint density at radius 1 is 1.08 bits per heavy atom. The number of aromatic nitrogens is 1. The second-order valence-corrected chi connectivity index (χ2v) is 5.57. The minimum atomic E-state index is 0.177. The van der Waals surface area contributed by atoms with Crippen molar-refractivity contribution in [1.82, 2.24) is 4.98 Å². The van der Waals surface area contributed by atoms with Crippen molar-refractivity contribution < 1.29 is 4.74 Å². The summed E-state index contributed by atoms with van der Waals surface area (Å²) in [5.41, 5.74) is 9.30. The maximum atomic E-state index is 9.46. The van der Waals surface area contributed by atoms with E-state index in [2.05, 4.69) is 11.1 Å². The Bertz CT molecular complexity index is 948. The average Bonchev–Trinajstić information content (AvgIpc) is 2.61. The smallest absolute Gasteiger partial charge is 0.142 e. The lowest BCUT2D eigenvalue weighted by Gasteiger charge is -2.12. The molecule has 0 bridgehead atoms. The minimum absolute atomic E-state index is 0.177. The highest BCUT2D eigenvalue weighted by molar-refractivity contribution is 6.30. The van der Waals surface area contributed by atoms with Gasteiger partial charge < -0.3 is 10.5 Å². The van der Waals surface area contributed by atoms with Crippen LogP contribution >= 0.6 is 11.6 Å². The largest absolute Gasteiger partial charge is 0.496 e. The number of pyridine rings is 1. The maximum Gasteiger partial charge on any atom is 0.142 e. The average molecular weight is 336 g/mol. The SMILES string of the molecule is COc1ccccc1-c1cc(-c2cccc(Cl)c2)c(C#N)c(N)n1. The van der Waals surface area contributed by atoms with Crippen molar-refractivity contribution >= 4 is 17.4 Å². The highest BCUT2D eigenvalue weighted by Gasteiger charge is 2.15. The summed E-state index contributed by atoms with van der Waals surface area (Å²) in [6.07, 6.45) is 0. The first-order chi connectivity index (χ1) is 11.6. The molecule has 0 unspecified atom stereocenters. The fourth-order valence-corrected chi connectivity index (χ4v) is 2.75. The second kappa shape index (κ2) is 6.61. The van der Waals surface area contributed by atoms with Crippen LogP contribution in [0.25, 0.3) is 22.4 Å². The number of nitrogens with zero attached hydrogens (tertiary/aromatic N) is 2. The summed E-state index contributed by atoms with van der Waals surface area (Å²) in [7, 11) is 1.60. The van der Waals surface area contributed by atoms with Gasteiger partial charge in [0.1, 0.15) is 23.2 Å². The Morgan fingerprint density at radius 3 is 2.58 bits per heavy atom. The van der Waals surface area contributed by atoms with E-state index >= 15 is 0 Å². The zero-order valence-corrected chi connectivity index (χ0v) is 13.7. The molecule has 0 fully saturated rings. The van der Waals surface area contributed by atoms with Crippen LogP contribution in [0.1, 0.15) is 5.56 Å². The number of hydrogen-bond donors (Lipinski definition) is 1. The number of methoxy groups -OCH3 is 1. The van der Waals surface area contributed by atoms with E-state index in [1.807, 2.05) is 42.5 Å². The summed E-state index contributed by atoms with van der Waals surface area (Å²) >= 11 is 6.08. The third-order valence-corrected chi connectivity index (χ3v) is 3.91. The van der Waals surface area contributed by atoms with Gasteiger partial charge in [0.15, 0.2) is 0 Å². The highest BCUT2D eigenvalue weighted by atomic mass is 35.5. The molecule has 5 heteroatoms. The van der Waals surface area contributed by atoms with Crippen LogP contribution in [0.5, 0.6) is 5.75 Å². The molecule has 1 heterocycles. The van der Waals surface area contributed by atoms with Crippen LogP contribution in [-0.2, 0) is 0 Å². The molecule has 0 atom stereocenters. The summed E-state index contributed by atoms with van der Waals surface area (Å²) in [6, 6.07) is 18.8. The lowest BCUT2D eigenvalue weighted by molar-refractivity contribution is 0.416. The first kappa shape index (κ1) is 15.9. The number of halogens is 1. The Morgan fingerprint density at radius 2 is 1.88 bits per heavy atom. The number of ether oxygens (including phenoxy) is 1. The number of hydrogen-bond acceptors (Lipinski definition) is 4. The van der Waals surface area contributed by atoms with Crippen molar-refractivity contribution in [3.8, 4) is 34.2 Å². The van der Waals surface area contributed by atoms with Gasteiger partial charge in [-0.05, 0) is 35.9 Å². The molecule has 3 aromatic rings. The van der Waals surface area contributed by atoms with E-state index < -0.39 is 0 Å². The van der Waals surface area contributed by atoms with Crippen molar-refractivity contribution in [2.75, 3.05) is 12.8 Å². The van der Waals surface area contributed by atoms with Crippen LogP contribution in [0.15, 0.2) is 54.6 Å². The summed E-state index contributed by atoms with van der Waals surface area (Å²) in [4.78, 5) is 4.37. The first-order valence-corrected chi connectivity index (χ1v) is 7.61. The molecular formula is C19H14ClN3O. The molecule has 2 aromatic carbocycles. The third-order valence-electron chi connectivity index (χ3n) is 3.68. The fraction of sp³-hybridized carbons (Fsp3) is 0.0526. The Labute approximate surface area is 145 Å². The van der Waals surface area contributed by atoms with Crippen molar-refractivity contribution in [2.24, 2.45) is 0 Å². The van der Waals surface area contributed by atoms with Gasteiger partial charge in [-0.3, -0.25) is 0 Å². The zero-order chi connectivity index (χ0) is 17.1. The Balaban J connectivity index is 2.27. The van der Waals surface area contributed by atoms with Crippen LogP contribution in [0.4, 0.5) is 5.82 Å². The molecule has 0 saturated carbocycles. The topological polar surface area (TPSA) is 71.9 Å². The Hall–Kier alpha value is -3.03. The molecule has 0 aliphatic rings. The third kappa shape index (κ3) is 2.90. The standard InChI is InChI=1S/C19H14ClN3O/c1-24-18-8-3-2-7-14(18)17-10-15(16(11-21)19(22)23-17)12-5-4-6-13(20)9-12/h2-10H,1H3,(H2,22,23). The summed E-state index contributed by atoms with van der Waals surface area (Å²) in [6.45, 7) is 0. The number of nitrogens with two attached hydrogens (primary N) is 1. The predicted molar refractivity (Wildman–Crippen MR) is 95.8 cm³/mol. The van der Waals surface area contributed by atoms with Gasteiger partial charge in [-0.2, -0.15) is 5.26 Å². The maximum absolute atomic E-state index is 9.46. The quantitative estimate of drug-likeness (QED) is 0.763. The molecule has 0 radical (unpaired) electrons. The lowest BCUT2D eigenvalue weighted by atomic mass is 9.98.